The number of likely N-dealkylation sites (tertiary alicyclic amines) is 1. The van der Waals surface area contributed by atoms with Crippen LogP contribution < -0.4 is 0 Å². The Morgan fingerprint density at radius 2 is 2.00 bits per heavy atom. The number of hydrogen-bond donors (Lipinski definition) is 0. The average Bonchev–Trinajstić information content (AvgIpc) is 2.88. The first kappa shape index (κ1) is 10.1. The van der Waals surface area contributed by atoms with Crippen molar-refractivity contribution in [3.8, 4) is 0 Å². The Morgan fingerprint density at radius 3 is 2.82 bits per heavy atom. The van der Waals surface area contributed by atoms with Crippen LogP contribution in [0.1, 0.15) is 44.7 Å². The topological polar surface area (TPSA) is 20.3 Å². The molecule has 4 rings (SSSR count). The third-order valence-electron chi connectivity index (χ3n) is 4.40. The van der Waals surface area contributed by atoms with E-state index in [9.17, 15) is 4.79 Å². The molecule has 2 aliphatic rings. The Labute approximate surface area is 140 Å². The van der Waals surface area contributed by atoms with E-state index in [1.54, 1.807) is 12.1 Å². The number of carbonyl (C=O) groups is 1. The molecule has 1 aromatic heterocycles. The van der Waals surface area contributed by atoms with E-state index in [4.69, 9.17) is 5.48 Å². The van der Waals surface area contributed by atoms with Crippen molar-refractivity contribution < 1.29 is 10.3 Å². The minimum Gasteiger partial charge on any atom is -0.306 e. The van der Waals surface area contributed by atoms with E-state index < -0.39 is 12.2 Å². The first-order valence-corrected chi connectivity index (χ1v) is 8.29. The van der Waals surface area contributed by atoms with Crippen LogP contribution in [0.3, 0.4) is 0 Å². The molecule has 3 heteroatoms. The fourth-order valence-electron chi connectivity index (χ4n) is 3.20. The Hall–Kier alpha value is -1.71. The second-order valence-electron chi connectivity index (χ2n) is 5.81. The molecule has 0 radical (unpaired) electrons. The van der Waals surface area contributed by atoms with Gasteiger partial charge in [0.15, 0.2) is 5.78 Å². The summed E-state index contributed by atoms with van der Waals surface area (Å²) < 4.78 is 33.4. The van der Waals surface area contributed by atoms with Crippen molar-refractivity contribution >= 4 is 22.7 Å². The standard InChI is InChI=1S/C19H19NOS/c1-20-9-6-13(7-10-20)18-15-5-3-2-4-14(15)12-17(21)19-16(18)8-11-22-19/h2-5,8,11H,6-7,9-10,12H2,1H3/i8D,11D,12D2. The van der Waals surface area contributed by atoms with Gasteiger partial charge in [-0.05, 0) is 48.0 Å². The summed E-state index contributed by atoms with van der Waals surface area (Å²) >= 11 is 0.924. The molecule has 1 fully saturated rings. The summed E-state index contributed by atoms with van der Waals surface area (Å²) in [4.78, 5) is 15.5. The number of thiophene rings is 1. The summed E-state index contributed by atoms with van der Waals surface area (Å²) in [7, 11) is 2.07. The molecule has 112 valence electrons. The lowest BCUT2D eigenvalue weighted by Crippen LogP contribution is -2.27. The van der Waals surface area contributed by atoms with Crippen LogP contribution in [-0.4, -0.2) is 30.8 Å². The van der Waals surface area contributed by atoms with Crippen LogP contribution in [-0.2, 0) is 6.37 Å². The largest absolute Gasteiger partial charge is 0.306 e. The van der Waals surface area contributed by atoms with E-state index in [0.29, 0.717) is 16.7 Å². The highest BCUT2D eigenvalue weighted by Gasteiger charge is 2.27. The van der Waals surface area contributed by atoms with Gasteiger partial charge < -0.3 is 4.90 Å². The number of rotatable bonds is 0. The Kier molecular flexibility index (Phi) is 2.53. The number of hydrogen-bond acceptors (Lipinski definition) is 3. The van der Waals surface area contributed by atoms with E-state index in [-0.39, 0.29) is 16.3 Å². The number of Topliss-reactive ketones (excluding diaryl/α,β-unsaturated/α-hetero) is 1. The molecule has 0 amide bonds. The molecule has 0 N–H and O–H groups in total. The third-order valence-corrected chi connectivity index (χ3v) is 5.20. The van der Waals surface area contributed by atoms with Gasteiger partial charge in [0.1, 0.15) is 0 Å². The van der Waals surface area contributed by atoms with Crippen LogP contribution in [0.15, 0.2) is 41.2 Å². The monoisotopic (exact) mass is 313 g/mol. The maximum absolute atomic E-state index is 13.0. The maximum Gasteiger partial charge on any atom is 0.177 e. The maximum atomic E-state index is 13.0. The van der Waals surface area contributed by atoms with Crippen LogP contribution in [0, 0.1) is 0 Å². The summed E-state index contributed by atoms with van der Waals surface area (Å²) in [5.41, 5.74) is 3.46. The van der Waals surface area contributed by atoms with Gasteiger partial charge in [0.25, 0.3) is 0 Å². The van der Waals surface area contributed by atoms with Gasteiger partial charge in [0, 0.05) is 27.8 Å². The summed E-state index contributed by atoms with van der Waals surface area (Å²) in [5, 5.41) is 0.0181. The molecule has 0 bridgehead atoms. The third kappa shape index (κ3) is 2.25. The van der Waals surface area contributed by atoms with Gasteiger partial charge in [-0.1, -0.05) is 29.8 Å². The molecule has 0 atom stereocenters. The molecule has 0 saturated carbocycles. The minimum absolute atomic E-state index is 0.0181. The van der Waals surface area contributed by atoms with E-state index in [1.807, 2.05) is 12.1 Å². The lowest BCUT2D eigenvalue weighted by Gasteiger charge is -2.27. The van der Waals surface area contributed by atoms with Crippen molar-refractivity contribution in [3.05, 3.63) is 62.8 Å². The molecule has 2 nitrogen and oxygen atoms in total. The SMILES string of the molecule is [2H]c1sc2c(c1[2H])C(=C1CCN(C)CC1)c1ccccc1C([2H])([2H])C2=O. The summed E-state index contributed by atoms with van der Waals surface area (Å²) in [5.74, 6) is -0.638. The number of piperidine rings is 1. The second-order valence-corrected chi connectivity index (χ2v) is 6.63. The zero-order valence-electron chi connectivity index (χ0n) is 16.4. The van der Waals surface area contributed by atoms with Crippen LogP contribution in [0.5, 0.6) is 0 Å². The van der Waals surface area contributed by atoms with Crippen LogP contribution in [0.2, 0.25) is 0 Å². The molecule has 0 spiro atoms. The first-order chi connectivity index (χ1) is 12.3. The number of nitrogens with zero attached hydrogens (tertiary/aromatic N) is 1. The van der Waals surface area contributed by atoms with Gasteiger partial charge in [-0.15, -0.1) is 11.3 Å². The van der Waals surface area contributed by atoms with E-state index in [2.05, 4.69) is 11.9 Å². The van der Waals surface area contributed by atoms with Crippen molar-refractivity contribution in [2.75, 3.05) is 20.1 Å². The molecule has 22 heavy (non-hydrogen) atoms. The predicted octanol–water partition coefficient (Wildman–Crippen LogP) is 4.01. The summed E-state index contributed by atoms with van der Waals surface area (Å²) in [6.45, 7) is 1.78. The summed E-state index contributed by atoms with van der Waals surface area (Å²) in [6, 6.07) is 7.14. The molecule has 2 aromatic rings. The smallest absolute Gasteiger partial charge is 0.177 e. The Balaban J connectivity index is 2.10. The van der Waals surface area contributed by atoms with Gasteiger partial charge in [0.2, 0.25) is 0 Å². The zero-order chi connectivity index (χ0) is 18.6. The second kappa shape index (κ2) is 5.49. The van der Waals surface area contributed by atoms with Gasteiger partial charge in [-0.2, -0.15) is 0 Å². The highest BCUT2D eigenvalue weighted by atomic mass is 32.1. The molecular formula is C19H19NOS. The van der Waals surface area contributed by atoms with Crippen molar-refractivity contribution in [2.24, 2.45) is 0 Å². The lowest BCUT2D eigenvalue weighted by atomic mass is 9.88. The number of carbonyl (C=O) groups excluding carboxylic acids is 1. The van der Waals surface area contributed by atoms with Crippen LogP contribution in [0.4, 0.5) is 0 Å². The molecule has 1 aromatic carbocycles. The normalized spacial score (nSPS) is 23.8. The number of fused-ring (bicyclic) bond motifs is 2. The van der Waals surface area contributed by atoms with Gasteiger partial charge in [0.05, 0.1) is 7.62 Å². The van der Waals surface area contributed by atoms with Gasteiger partial charge in [-0.25, -0.2) is 0 Å². The Morgan fingerprint density at radius 1 is 1.23 bits per heavy atom. The highest BCUT2D eigenvalue weighted by Crippen LogP contribution is 2.40. The Bertz CT molecular complexity index is 937. The van der Waals surface area contributed by atoms with Crippen molar-refractivity contribution in [1.29, 1.82) is 0 Å². The van der Waals surface area contributed by atoms with E-state index in [1.165, 1.54) is 0 Å². The fraction of sp³-hybridized carbons (Fsp3) is 0.316. The average molecular weight is 313 g/mol. The van der Waals surface area contributed by atoms with Gasteiger partial charge in [-0.3, -0.25) is 4.79 Å². The van der Waals surface area contributed by atoms with Crippen LogP contribution >= 0.6 is 11.3 Å². The molecular weight excluding hydrogens is 290 g/mol. The molecule has 0 unspecified atom stereocenters. The zero-order valence-corrected chi connectivity index (χ0v) is 13.2. The van der Waals surface area contributed by atoms with Crippen molar-refractivity contribution in [1.82, 2.24) is 4.90 Å². The number of benzene rings is 1. The predicted molar refractivity (Wildman–Crippen MR) is 91.5 cm³/mol. The highest BCUT2D eigenvalue weighted by molar-refractivity contribution is 7.12. The molecule has 1 aliphatic carbocycles. The van der Waals surface area contributed by atoms with Crippen molar-refractivity contribution in [3.63, 3.8) is 0 Å². The first-order valence-electron chi connectivity index (χ1n) is 9.48. The molecule has 2 heterocycles. The minimum atomic E-state index is -2.16. The van der Waals surface area contributed by atoms with Crippen molar-refractivity contribution in [2.45, 2.75) is 19.2 Å². The van der Waals surface area contributed by atoms with E-state index >= 15 is 0 Å². The van der Waals surface area contributed by atoms with E-state index in [0.717, 1.165) is 48.4 Å². The fourth-order valence-corrected chi connectivity index (χ4v) is 3.85. The quantitative estimate of drug-likeness (QED) is 0.732. The number of ketones is 1. The summed E-state index contributed by atoms with van der Waals surface area (Å²) in [6.07, 6.45) is -0.526. The molecule has 1 saturated heterocycles. The van der Waals surface area contributed by atoms with Crippen LogP contribution in [0.25, 0.3) is 5.57 Å². The van der Waals surface area contributed by atoms with Gasteiger partial charge >= 0.3 is 0 Å². The molecule has 1 aliphatic heterocycles. The lowest BCUT2D eigenvalue weighted by molar-refractivity contribution is 0.0997.